The molecule has 0 fully saturated rings. The minimum absolute atomic E-state index is 0.305. The highest BCUT2D eigenvalue weighted by molar-refractivity contribution is 5.81. The predicted molar refractivity (Wildman–Crippen MR) is 58.5 cm³/mol. The van der Waals surface area contributed by atoms with E-state index in [1.165, 1.54) is 0 Å². The predicted octanol–water partition coefficient (Wildman–Crippen LogP) is 1.32. The minimum Gasteiger partial charge on any atom is -0.241 e. The number of aliphatic imine (C=N–C) groups is 1. The van der Waals surface area contributed by atoms with Crippen LogP contribution in [0.25, 0.3) is 0 Å². The topological polar surface area (TPSA) is 51.4 Å². The standard InChI is InChI=1S/C11H10N4O/c1-2-5-9(6-3-1)10-13-11(14-16-10)15-8-4-7-12-15/h1-8,10H,(H,13,14). The van der Waals surface area contributed by atoms with Gasteiger partial charge in [0.25, 0.3) is 0 Å². The second kappa shape index (κ2) is 3.79. The molecule has 0 aliphatic carbocycles. The van der Waals surface area contributed by atoms with Crippen molar-refractivity contribution in [2.45, 2.75) is 6.23 Å². The van der Waals surface area contributed by atoms with E-state index in [-0.39, 0.29) is 6.23 Å². The van der Waals surface area contributed by atoms with Gasteiger partial charge in [-0.1, -0.05) is 30.3 Å². The first-order chi connectivity index (χ1) is 7.93. The van der Waals surface area contributed by atoms with E-state index in [1.54, 1.807) is 10.9 Å². The van der Waals surface area contributed by atoms with Crippen molar-refractivity contribution in [3.8, 4) is 0 Å². The number of hydrogen-bond donors (Lipinski definition) is 1. The summed E-state index contributed by atoms with van der Waals surface area (Å²) in [7, 11) is 0. The molecule has 2 heterocycles. The number of nitrogens with one attached hydrogen (secondary N) is 1. The molecule has 1 aromatic carbocycles. The summed E-state index contributed by atoms with van der Waals surface area (Å²) in [5.41, 5.74) is 3.77. The first kappa shape index (κ1) is 9.11. The van der Waals surface area contributed by atoms with E-state index in [0.717, 1.165) is 5.56 Å². The van der Waals surface area contributed by atoms with Crippen LogP contribution >= 0.6 is 0 Å². The molecule has 0 bridgehead atoms. The lowest BCUT2D eigenvalue weighted by Crippen LogP contribution is -2.25. The molecule has 0 amide bonds. The molecule has 0 radical (unpaired) electrons. The molecule has 5 heteroatoms. The van der Waals surface area contributed by atoms with Gasteiger partial charge in [-0.15, -0.1) is 0 Å². The van der Waals surface area contributed by atoms with Gasteiger partial charge in [0, 0.05) is 18.0 Å². The maximum absolute atomic E-state index is 5.36. The Kier molecular flexibility index (Phi) is 2.16. The summed E-state index contributed by atoms with van der Waals surface area (Å²) in [6, 6.07) is 11.7. The number of hydroxylamine groups is 1. The summed E-state index contributed by atoms with van der Waals surface area (Å²) < 4.78 is 1.63. The van der Waals surface area contributed by atoms with E-state index in [9.17, 15) is 0 Å². The number of hydrogen-bond acceptors (Lipinski definition) is 4. The van der Waals surface area contributed by atoms with E-state index in [2.05, 4.69) is 15.6 Å². The second-order valence-corrected chi connectivity index (χ2v) is 3.39. The fourth-order valence-electron chi connectivity index (χ4n) is 1.53. The van der Waals surface area contributed by atoms with Crippen molar-refractivity contribution >= 4 is 5.96 Å². The van der Waals surface area contributed by atoms with Crippen LogP contribution in [-0.4, -0.2) is 15.7 Å². The first-order valence-corrected chi connectivity index (χ1v) is 4.98. The minimum atomic E-state index is -0.305. The van der Waals surface area contributed by atoms with Crippen LogP contribution in [-0.2, 0) is 4.84 Å². The van der Waals surface area contributed by atoms with Crippen molar-refractivity contribution in [3.63, 3.8) is 0 Å². The zero-order valence-electron chi connectivity index (χ0n) is 8.45. The molecule has 5 nitrogen and oxygen atoms in total. The van der Waals surface area contributed by atoms with Crippen molar-refractivity contribution in [2.24, 2.45) is 4.99 Å². The Labute approximate surface area is 92.3 Å². The van der Waals surface area contributed by atoms with Crippen molar-refractivity contribution in [2.75, 3.05) is 0 Å². The van der Waals surface area contributed by atoms with E-state index in [0.29, 0.717) is 5.96 Å². The molecule has 1 aromatic heterocycles. The van der Waals surface area contributed by atoms with Gasteiger partial charge in [-0.2, -0.15) is 5.10 Å². The van der Waals surface area contributed by atoms with Crippen LogP contribution in [0.15, 0.2) is 53.8 Å². The molecule has 1 aliphatic rings. The number of rotatable bonds is 1. The summed E-state index contributed by atoms with van der Waals surface area (Å²) in [4.78, 5) is 9.75. The Balaban J connectivity index is 1.87. The molecule has 1 unspecified atom stereocenters. The summed E-state index contributed by atoms with van der Waals surface area (Å²) in [6.45, 7) is 0. The summed E-state index contributed by atoms with van der Waals surface area (Å²) in [5, 5.41) is 4.07. The van der Waals surface area contributed by atoms with Gasteiger partial charge in [0.15, 0.2) is 0 Å². The molecule has 16 heavy (non-hydrogen) atoms. The zero-order chi connectivity index (χ0) is 10.8. The Hall–Kier alpha value is -2.14. The fraction of sp³-hybridized carbons (Fsp3) is 0.0909. The molecule has 1 atom stereocenters. The fourth-order valence-corrected chi connectivity index (χ4v) is 1.53. The highest BCUT2D eigenvalue weighted by Gasteiger charge is 2.20. The number of nitrogens with zero attached hydrogens (tertiary/aromatic N) is 3. The lowest BCUT2D eigenvalue weighted by Gasteiger charge is -2.04. The van der Waals surface area contributed by atoms with E-state index >= 15 is 0 Å². The third-order valence-electron chi connectivity index (χ3n) is 2.31. The maximum atomic E-state index is 5.36. The third kappa shape index (κ3) is 1.57. The first-order valence-electron chi connectivity index (χ1n) is 4.98. The average Bonchev–Trinajstić information content (AvgIpc) is 3.01. The molecule has 80 valence electrons. The Morgan fingerprint density at radius 2 is 2.06 bits per heavy atom. The van der Waals surface area contributed by atoms with Gasteiger partial charge in [-0.05, 0) is 6.07 Å². The highest BCUT2D eigenvalue weighted by Crippen LogP contribution is 2.20. The van der Waals surface area contributed by atoms with Crippen LogP contribution in [0.2, 0.25) is 0 Å². The Bertz CT molecular complexity index is 492. The lowest BCUT2D eigenvalue weighted by molar-refractivity contribution is 0.0365. The van der Waals surface area contributed by atoms with Crippen molar-refractivity contribution in [1.29, 1.82) is 0 Å². The molecule has 0 saturated heterocycles. The molecule has 1 N–H and O–H groups in total. The van der Waals surface area contributed by atoms with Crippen molar-refractivity contribution in [1.82, 2.24) is 15.3 Å². The maximum Gasteiger partial charge on any atom is 0.246 e. The van der Waals surface area contributed by atoms with Gasteiger partial charge in [-0.25, -0.2) is 20.0 Å². The van der Waals surface area contributed by atoms with Gasteiger partial charge >= 0.3 is 0 Å². The second-order valence-electron chi connectivity index (χ2n) is 3.39. The molecule has 0 saturated carbocycles. The molecule has 3 rings (SSSR count). The summed E-state index contributed by atoms with van der Waals surface area (Å²) >= 11 is 0. The molecule has 1 aliphatic heterocycles. The van der Waals surface area contributed by atoms with E-state index in [4.69, 9.17) is 4.84 Å². The van der Waals surface area contributed by atoms with Crippen molar-refractivity contribution in [3.05, 3.63) is 54.4 Å². The average molecular weight is 214 g/mol. The SMILES string of the molecule is c1ccc(C2N=C(n3cccn3)NO2)cc1. The quantitative estimate of drug-likeness (QED) is 0.779. The largest absolute Gasteiger partial charge is 0.246 e. The number of benzene rings is 1. The molecular formula is C11H10N4O. The Morgan fingerprint density at radius 3 is 2.81 bits per heavy atom. The highest BCUT2D eigenvalue weighted by atomic mass is 16.7. The van der Waals surface area contributed by atoms with Crippen LogP contribution in [0.4, 0.5) is 0 Å². The molecule has 2 aromatic rings. The molecular weight excluding hydrogens is 204 g/mol. The third-order valence-corrected chi connectivity index (χ3v) is 2.31. The summed E-state index contributed by atoms with van der Waals surface area (Å²) in [6.07, 6.45) is 3.20. The van der Waals surface area contributed by atoms with Gasteiger partial charge in [0.2, 0.25) is 12.2 Å². The van der Waals surface area contributed by atoms with Crippen LogP contribution in [0.3, 0.4) is 0 Å². The zero-order valence-corrected chi connectivity index (χ0v) is 8.45. The van der Waals surface area contributed by atoms with Crippen LogP contribution in [0.1, 0.15) is 11.8 Å². The van der Waals surface area contributed by atoms with E-state index in [1.807, 2.05) is 42.6 Å². The van der Waals surface area contributed by atoms with Crippen molar-refractivity contribution < 1.29 is 4.84 Å². The van der Waals surface area contributed by atoms with Gasteiger partial charge in [-0.3, -0.25) is 0 Å². The van der Waals surface area contributed by atoms with E-state index < -0.39 is 0 Å². The monoisotopic (exact) mass is 214 g/mol. The van der Waals surface area contributed by atoms with Gasteiger partial charge in [0.05, 0.1) is 0 Å². The van der Waals surface area contributed by atoms with Gasteiger partial charge < -0.3 is 0 Å². The molecule has 0 spiro atoms. The van der Waals surface area contributed by atoms with Crippen LogP contribution in [0.5, 0.6) is 0 Å². The Morgan fingerprint density at radius 1 is 1.19 bits per heavy atom. The van der Waals surface area contributed by atoms with Gasteiger partial charge in [0.1, 0.15) is 0 Å². The normalized spacial score (nSPS) is 19.2. The number of aromatic nitrogens is 2. The van der Waals surface area contributed by atoms with Crippen LogP contribution < -0.4 is 5.48 Å². The smallest absolute Gasteiger partial charge is 0.241 e. The van der Waals surface area contributed by atoms with Crippen LogP contribution in [0, 0.1) is 0 Å². The lowest BCUT2D eigenvalue weighted by atomic mass is 10.2. The summed E-state index contributed by atoms with van der Waals surface area (Å²) in [5.74, 6) is 0.596.